The lowest BCUT2D eigenvalue weighted by Crippen LogP contribution is -2.62. The van der Waals surface area contributed by atoms with Crippen molar-refractivity contribution in [2.45, 2.75) is 110 Å². The Morgan fingerprint density at radius 2 is 1.43 bits per heavy atom. The van der Waals surface area contributed by atoms with Gasteiger partial charge in [0, 0.05) is 12.1 Å². The second-order valence-electron chi connectivity index (χ2n) is 16.8. The highest BCUT2D eigenvalue weighted by Crippen LogP contribution is 2.38. The first-order valence-corrected chi connectivity index (χ1v) is 21.9. The molecule has 60 heavy (non-hydrogen) atoms. The molecule has 0 bridgehead atoms. The van der Waals surface area contributed by atoms with Gasteiger partial charge in [-0.15, -0.1) is 0 Å². The van der Waals surface area contributed by atoms with E-state index in [9.17, 15) is 18.0 Å². The minimum atomic E-state index is -4.80. The molecule has 1 heterocycles. The Labute approximate surface area is 357 Å². The number of rotatable bonds is 13. The molecule has 4 aromatic rings. The molecule has 3 atom stereocenters. The normalized spacial score (nSPS) is 17.4. The summed E-state index contributed by atoms with van der Waals surface area (Å²) < 4.78 is 59.4. The van der Waals surface area contributed by atoms with E-state index in [1.165, 1.54) is 18.2 Å². The van der Waals surface area contributed by atoms with E-state index >= 15 is 4.79 Å². The summed E-state index contributed by atoms with van der Waals surface area (Å²) in [6.45, 7) is 17.3. The van der Waals surface area contributed by atoms with Crippen molar-refractivity contribution in [3.05, 3.63) is 130 Å². The van der Waals surface area contributed by atoms with E-state index in [4.69, 9.17) is 22.9 Å². The second kappa shape index (κ2) is 19.0. The molecular weight excluding hydrogens is 801 g/mol. The first kappa shape index (κ1) is 45.9. The lowest BCUT2D eigenvalue weighted by molar-refractivity contribution is -0.130. The summed E-state index contributed by atoms with van der Waals surface area (Å²) in [5.41, 5.74) is 2.48. The van der Waals surface area contributed by atoms with Gasteiger partial charge in [0.2, 0.25) is 6.23 Å². The standard InChI is InChI=1S/C46H55N2O10SSi/c1-30(2)46(8,9)36-27-26-35(31(3)32(36)4)41(49)48(58-60)40-39(59(52,53)57-38-24-17-16-23-37(38)54-29-33-19-12-10-13-20-33)25-18-28-47(44(51)56-45(5,6)7)42(40)55-43(50)34-21-14-11-15-22-34/h10-17,19-24,26-27,30,39-40,42H,18,25,28-29H2,1-9H3. The molecule has 1 aliphatic rings. The van der Waals surface area contributed by atoms with Gasteiger partial charge in [-0.25, -0.2) is 14.7 Å². The number of para-hydroxylation sites is 2. The van der Waals surface area contributed by atoms with E-state index in [0.717, 1.165) is 26.7 Å². The number of carbonyl (C=O) groups is 3. The molecule has 3 unspecified atom stereocenters. The monoisotopic (exact) mass is 855 g/mol. The maximum Gasteiger partial charge on any atom is 0.413 e. The Hall–Kier alpha value is -5.18. The summed E-state index contributed by atoms with van der Waals surface area (Å²) in [6, 6.07) is 25.5. The Bertz CT molecular complexity index is 2240. The van der Waals surface area contributed by atoms with Crippen LogP contribution in [0.3, 0.4) is 0 Å². The Morgan fingerprint density at radius 3 is 2.03 bits per heavy atom. The third-order valence-electron chi connectivity index (χ3n) is 11.1. The fourth-order valence-corrected chi connectivity index (χ4v) is 8.85. The first-order chi connectivity index (χ1) is 28.3. The molecule has 0 saturated carbocycles. The number of hydroxylamine groups is 2. The largest absolute Gasteiger partial charge is 0.485 e. The molecule has 319 valence electrons. The molecule has 3 radical (unpaired) electrons. The SMILES string of the molecule is Cc1c(C(=O)N(O[Si])C2C(OC(=O)c3ccccc3)N(C(=O)OC(C)(C)C)CCCC2S(=O)(=O)Oc2ccccc2OCc2ccccc2)ccc(C(C)(C)C(C)C)c1C. The van der Waals surface area contributed by atoms with Crippen LogP contribution < -0.4 is 8.92 Å². The van der Waals surface area contributed by atoms with E-state index in [0.29, 0.717) is 5.56 Å². The molecule has 1 fully saturated rings. The average molecular weight is 856 g/mol. The van der Waals surface area contributed by atoms with Crippen molar-refractivity contribution in [3.8, 4) is 11.5 Å². The van der Waals surface area contributed by atoms with Crippen molar-refractivity contribution in [2.24, 2.45) is 5.92 Å². The number of amides is 2. The van der Waals surface area contributed by atoms with Crippen molar-refractivity contribution in [3.63, 3.8) is 0 Å². The van der Waals surface area contributed by atoms with Crippen molar-refractivity contribution in [2.75, 3.05) is 6.54 Å². The lowest BCUT2D eigenvalue weighted by Gasteiger charge is -2.41. The number of hydrogen-bond acceptors (Lipinski definition) is 10. The van der Waals surface area contributed by atoms with Gasteiger partial charge in [-0.05, 0) is 111 Å². The molecule has 4 aromatic carbocycles. The molecule has 1 aliphatic heterocycles. The molecule has 12 nitrogen and oxygen atoms in total. The molecule has 5 rings (SSSR count). The summed E-state index contributed by atoms with van der Waals surface area (Å²) in [5, 5.41) is -0.845. The first-order valence-electron chi connectivity index (χ1n) is 20.0. The predicted octanol–water partition coefficient (Wildman–Crippen LogP) is 8.63. The van der Waals surface area contributed by atoms with Gasteiger partial charge in [0.05, 0.1) is 5.56 Å². The average Bonchev–Trinajstić information content (AvgIpc) is 3.39. The van der Waals surface area contributed by atoms with Crippen LogP contribution in [0.5, 0.6) is 11.5 Å². The minimum absolute atomic E-state index is 0.0788. The zero-order chi connectivity index (χ0) is 44.0. The van der Waals surface area contributed by atoms with Gasteiger partial charge >= 0.3 is 22.2 Å². The number of likely N-dealkylation sites (tertiary alicyclic amines) is 1. The van der Waals surface area contributed by atoms with E-state index in [2.05, 4.69) is 38.2 Å². The molecule has 0 aliphatic carbocycles. The Kier molecular flexibility index (Phi) is 14.6. The lowest BCUT2D eigenvalue weighted by atomic mass is 9.72. The maximum absolute atomic E-state index is 15.0. The van der Waals surface area contributed by atoms with Crippen LogP contribution in [-0.4, -0.2) is 76.5 Å². The topological polar surface area (TPSA) is 138 Å². The van der Waals surface area contributed by atoms with Gasteiger partial charge in [0.15, 0.2) is 11.5 Å². The van der Waals surface area contributed by atoms with Crippen LogP contribution in [0.25, 0.3) is 0 Å². The van der Waals surface area contributed by atoms with Gasteiger partial charge in [0.1, 0.15) is 23.5 Å². The number of ether oxygens (including phenoxy) is 3. The van der Waals surface area contributed by atoms with Gasteiger partial charge < -0.3 is 22.9 Å². The van der Waals surface area contributed by atoms with Crippen LogP contribution in [0, 0.1) is 19.8 Å². The molecule has 0 aromatic heterocycles. The van der Waals surface area contributed by atoms with E-state index in [-0.39, 0.29) is 60.0 Å². The summed E-state index contributed by atoms with van der Waals surface area (Å²) in [7, 11) is -1.72. The summed E-state index contributed by atoms with van der Waals surface area (Å²) in [6.07, 6.45) is -2.75. The molecule has 2 amide bonds. The van der Waals surface area contributed by atoms with Crippen LogP contribution in [0.15, 0.2) is 97.1 Å². The molecule has 0 spiro atoms. The zero-order valence-corrected chi connectivity index (χ0v) is 37.6. The van der Waals surface area contributed by atoms with E-state index in [1.54, 1.807) is 63.2 Å². The molecule has 0 N–H and O–H groups in total. The van der Waals surface area contributed by atoms with Gasteiger partial charge in [-0.1, -0.05) is 94.4 Å². The smallest absolute Gasteiger partial charge is 0.413 e. The molecular formula is C46H55N2O10SSi. The fourth-order valence-electron chi connectivity index (χ4n) is 7.09. The van der Waals surface area contributed by atoms with Crippen molar-refractivity contribution < 1.29 is 45.7 Å². The summed E-state index contributed by atoms with van der Waals surface area (Å²) in [4.78, 5) is 44.2. The fraction of sp³-hybridized carbons (Fsp3) is 0.413. The summed E-state index contributed by atoms with van der Waals surface area (Å²) >= 11 is 0. The maximum atomic E-state index is 15.0. The van der Waals surface area contributed by atoms with E-state index < -0.39 is 51.2 Å². The number of nitrogens with zero attached hydrogens (tertiary/aromatic N) is 2. The zero-order valence-electron chi connectivity index (χ0n) is 35.8. The molecule has 1 saturated heterocycles. The number of hydrogen-bond donors (Lipinski definition) is 0. The van der Waals surface area contributed by atoms with Gasteiger partial charge in [-0.2, -0.15) is 8.42 Å². The number of benzene rings is 4. The summed E-state index contributed by atoms with van der Waals surface area (Å²) in [5.74, 6) is -1.33. The van der Waals surface area contributed by atoms with Crippen LogP contribution in [-0.2, 0) is 36.1 Å². The van der Waals surface area contributed by atoms with Crippen LogP contribution in [0.4, 0.5) is 4.79 Å². The van der Waals surface area contributed by atoms with Crippen molar-refractivity contribution >= 4 is 38.6 Å². The van der Waals surface area contributed by atoms with Crippen LogP contribution in [0.2, 0.25) is 0 Å². The second-order valence-corrected chi connectivity index (χ2v) is 18.8. The third-order valence-corrected chi connectivity index (χ3v) is 13.0. The number of carbonyl (C=O) groups excluding carboxylic acids is 3. The third kappa shape index (κ3) is 10.6. The molecule has 14 heteroatoms. The van der Waals surface area contributed by atoms with Gasteiger partial charge in [-0.3, -0.25) is 9.69 Å². The minimum Gasteiger partial charge on any atom is -0.485 e. The van der Waals surface area contributed by atoms with Crippen LogP contribution in [0.1, 0.15) is 104 Å². The van der Waals surface area contributed by atoms with Crippen molar-refractivity contribution in [1.29, 1.82) is 0 Å². The van der Waals surface area contributed by atoms with Crippen LogP contribution >= 0.6 is 0 Å². The Morgan fingerprint density at radius 1 is 0.833 bits per heavy atom. The highest BCUT2D eigenvalue weighted by atomic mass is 32.2. The van der Waals surface area contributed by atoms with Crippen molar-refractivity contribution in [1.82, 2.24) is 9.96 Å². The predicted molar refractivity (Wildman–Crippen MR) is 229 cm³/mol. The highest BCUT2D eigenvalue weighted by molar-refractivity contribution is 7.87. The highest BCUT2D eigenvalue weighted by Gasteiger charge is 2.53. The van der Waals surface area contributed by atoms with Gasteiger partial charge in [0.25, 0.3) is 16.4 Å². The number of esters is 1. The Balaban J connectivity index is 1.67. The van der Waals surface area contributed by atoms with E-state index in [1.807, 2.05) is 50.2 Å². The quantitative estimate of drug-likeness (QED) is 0.0556.